The summed E-state index contributed by atoms with van der Waals surface area (Å²) in [6.07, 6.45) is 1.44. The summed E-state index contributed by atoms with van der Waals surface area (Å²) in [5.41, 5.74) is 0.672. The molecule has 1 atom stereocenters. The minimum atomic E-state index is -0.331. The Morgan fingerprint density at radius 3 is 2.86 bits per heavy atom. The number of hydrogen-bond donors (Lipinski definition) is 1. The van der Waals surface area contributed by atoms with Crippen LogP contribution in [0.5, 0.6) is 0 Å². The Kier molecular flexibility index (Phi) is 4.02. The molecule has 0 spiro atoms. The van der Waals surface area contributed by atoms with Crippen molar-refractivity contribution in [3.8, 4) is 0 Å². The number of rotatable bonds is 5. The minimum absolute atomic E-state index is 0.222. The zero-order valence-electron chi connectivity index (χ0n) is 12.3. The number of nitrogens with one attached hydrogen (secondary N) is 1. The van der Waals surface area contributed by atoms with Gasteiger partial charge in [0.15, 0.2) is 0 Å². The minimum Gasteiger partial charge on any atom is -0.464 e. The standard InChI is InChI=1S/C16H16FN3O2/c1-10-3-6-15(22-10)14(8-21-2)20-16-12-7-11(17)4-5-13(12)18-9-19-16/h3-7,9,14H,8H2,1-2H3,(H,18,19,20)/t14-/m1/s1. The third-order valence-corrected chi connectivity index (χ3v) is 3.35. The van der Waals surface area contributed by atoms with Gasteiger partial charge in [-0.1, -0.05) is 0 Å². The first kappa shape index (κ1) is 14.5. The van der Waals surface area contributed by atoms with Gasteiger partial charge in [0.05, 0.1) is 12.1 Å². The molecule has 0 bridgehead atoms. The Bertz CT molecular complexity index is 788. The first-order valence-electron chi connectivity index (χ1n) is 6.89. The highest BCUT2D eigenvalue weighted by Crippen LogP contribution is 2.26. The van der Waals surface area contributed by atoms with Crippen molar-refractivity contribution in [1.82, 2.24) is 9.97 Å². The van der Waals surface area contributed by atoms with Crippen molar-refractivity contribution in [2.45, 2.75) is 13.0 Å². The van der Waals surface area contributed by atoms with E-state index in [0.29, 0.717) is 23.3 Å². The van der Waals surface area contributed by atoms with Crippen LogP contribution in [0.25, 0.3) is 10.9 Å². The number of aromatic nitrogens is 2. The van der Waals surface area contributed by atoms with Crippen LogP contribution in [-0.2, 0) is 4.74 Å². The predicted octanol–water partition coefficient (Wildman–Crippen LogP) is 3.47. The molecule has 0 amide bonds. The Balaban J connectivity index is 1.97. The summed E-state index contributed by atoms with van der Waals surface area (Å²) in [6, 6.07) is 7.96. The number of methoxy groups -OCH3 is 1. The maximum absolute atomic E-state index is 13.5. The van der Waals surface area contributed by atoms with Crippen molar-refractivity contribution < 1.29 is 13.5 Å². The van der Waals surface area contributed by atoms with Crippen molar-refractivity contribution in [3.63, 3.8) is 0 Å². The summed E-state index contributed by atoms with van der Waals surface area (Å²) in [5, 5.41) is 3.86. The summed E-state index contributed by atoms with van der Waals surface area (Å²) in [7, 11) is 1.61. The number of anilines is 1. The molecule has 0 saturated heterocycles. The van der Waals surface area contributed by atoms with E-state index in [0.717, 1.165) is 11.5 Å². The molecule has 5 nitrogen and oxygen atoms in total. The van der Waals surface area contributed by atoms with Crippen molar-refractivity contribution >= 4 is 16.7 Å². The van der Waals surface area contributed by atoms with Crippen molar-refractivity contribution in [3.05, 3.63) is 54.0 Å². The highest BCUT2D eigenvalue weighted by atomic mass is 19.1. The quantitative estimate of drug-likeness (QED) is 0.782. The molecule has 0 aliphatic carbocycles. The number of nitrogens with zero attached hydrogens (tertiary/aromatic N) is 2. The highest BCUT2D eigenvalue weighted by Gasteiger charge is 2.17. The Morgan fingerprint density at radius 1 is 1.27 bits per heavy atom. The van der Waals surface area contributed by atoms with Crippen LogP contribution in [-0.4, -0.2) is 23.7 Å². The lowest BCUT2D eigenvalue weighted by Gasteiger charge is -2.17. The average molecular weight is 301 g/mol. The highest BCUT2D eigenvalue weighted by molar-refractivity contribution is 5.88. The molecule has 0 radical (unpaired) electrons. The number of furan rings is 1. The number of benzene rings is 1. The fourth-order valence-corrected chi connectivity index (χ4v) is 2.31. The SMILES string of the molecule is COC[C@@H](Nc1ncnc2ccc(F)cc12)c1ccc(C)o1. The Morgan fingerprint density at radius 2 is 2.14 bits per heavy atom. The molecule has 1 aromatic carbocycles. The molecule has 114 valence electrons. The molecular formula is C16H16FN3O2. The second-order valence-electron chi connectivity index (χ2n) is 4.98. The average Bonchev–Trinajstić information content (AvgIpc) is 2.94. The van der Waals surface area contributed by atoms with Crippen LogP contribution in [0.3, 0.4) is 0 Å². The largest absolute Gasteiger partial charge is 0.464 e. The number of fused-ring (bicyclic) bond motifs is 1. The smallest absolute Gasteiger partial charge is 0.138 e. The molecule has 2 heterocycles. The third-order valence-electron chi connectivity index (χ3n) is 3.35. The van der Waals surface area contributed by atoms with E-state index in [4.69, 9.17) is 9.15 Å². The molecule has 0 saturated carbocycles. The van der Waals surface area contributed by atoms with Gasteiger partial charge in [-0.2, -0.15) is 0 Å². The molecule has 0 aliphatic heterocycles. The first-order valence-corrected chi connectivity index (χ1v) is 6.89. The summed E-state index contributed by atoms with van der Waals surface area (Å²) in [5.74, 6) is 1.77. The summed E-state index contributed by atoms with van der Waals surface area (Å²) < 4.78 is 24.4. The van der Waals surface area contributed by atoms with Crippen molar-refractivity contribution in [2.75, 3.05) is 19.0 Å². The lowest BCUT2D eigenvalue weighted by Crippen LogP contribution is -2.16. The predicted molar refractivity (Wildman–Crippen MR) is 81.2 cm³/mol. The summed E-state index contributed by atoms with van der Waals surface area (Å²) in [6.45, 7) is 2.27. The van der Waals surface area contributed by atoms with Crippen LogP contribution in [0.15, 0.2) is 41.1 Å². The lowest BCUT2D eigenvalue weighted by atomic mass is 10.2. The Hall–Kier alpha value is -2.47. The number of ether oxygens (including phenoxy) is 1. The van der Waals surface area contributed by atoms with E-state index in [1.807, 2.05) is 19.1 Å². The maximum Gasteiger partial charge on any atom is 0.138 e. The molecule has 0 unspecified atom stereocenters. The van der Waals surface area contributed by atoms with Crippen molar-refractivity contribution in [1.29, 1.82) is 0 Å². The van der Waals surface area contributed by atoms with Gasteiger partial charge in [0, 0.05) is 12.5 Å². The second kappa shape index (κ2) is 6.11. The zero-order chi connectivity index (χ0) is 15.5. The summed E-state index contributed by atoms with van der Waals surface area (Å²) >= 11 is 0. The molecule has 3 rings (SSSR count). The van der Waals surface area contributed by atoms with Crippen LogP contribution in [0.2, 0.25) is 0 Å². The van der Waals surface area contributed by atoms with Gasteiger partial charge in [-0.05, 0) is 37.3 Å². The van der Waals surface area contributed by atoms with E-state index >= 15 is 0 Å². The first-order chi connectivity index (χ1) is 10.7. The fraction of sp³-hybridized carbons (Fsp3) is 0.250. The van der Waals surface area contributed by atoms with E-state index in [1.165, 1.54) is 18.5 Å². The van der Waals surface area contributed by atoms with Gasteiger partial charge in [0.2, 0.25) is 0 Å². The molecule has 1 N–H and O–H groups in total. The van der Waals surface area contributed by atoms with Crippen LogP contribution in [0.1, 0.15) is 17.6 Å². The molecule has 0 fully saturated rings. The monoisotopic (exact) mass is 301 g/mol. The van der Waals surface area contributed by atoms with Gasteiger partial charge >= 0.3 is 0 Å². The molecule has 22 heavy (non-hydrogen) atoms. The second-order valence-corrected chi connectivity index (χ2v) is 4.98. The molecular weight excluding hydrogens is 285 g/mol. The molecule has 6 heteroatoms. The van der Waals surface area contributed by atoms with Gasteiger partial charge in [0.1, 0.15) is 35.5 Å². The van der Waals surface area contributed by atoms with E-state index in [1.54, 1.807) is 13.2 Å². The normalized spacial score (nSPS) is 12.5. The van der Waals surface area contributed by atoms with E-state index in [-0.39, 0.29) is 11.9 Å². The van der Waals surface area contributed by atoms with E-state index < -0.39 is 0 Å². The van der Waals surface area contributed by atoms with Crippen LogP contribution >= 0.6 is 0 Å². The number of aryl methyl sites for hydroxylation is 1. The van der Waals surface area contributed by atoms with Gasteiger partial charge < -0.3 is 14.5 Å². The number of halogens is 1. The summed E-state index contributed by atoms with van der Waals surface area (Å²) in [4.78, 5) is 8.36. The molecule has 0 aliphatic rings. The van der Waals surface area contributed by atoms with Crippen LogP contribution in [0.4, 0.5) is 10.2 Å². The van der Waals surface area contributed by atoms with E-state index in [9.17, 15) is 4.39 Å². The van der Waals surface area contributed by atoms with Gasteiger partial charge in [-0.15, -0.1) is 0 Å². The topological polar surface area (TPSA) is 60.2 Å². The molecule has 3 aromatic rings. The third kappa shape index (κ3) is 2.92. The number of hydrogen-bond acceptors (Lipinski definition) is 5. The molecule has 2 aromatic heterocycles. The maximum atomic E-state index is 13.5. The van der Waals surface area contributed by atoms with Crippen LogP contribution < -0.4 is 5.32 Å². The van der Waals surface area contributed by atoms with Gasteiger partial charge in [0.25, 0.3) is 0 Å². The lowest BCUT2D eigenvalue weighted by molar-refractivity contribution is 0.178. The van der Waals surface area contributed by atoms with Gasteiger partial charge in [-0.3, -0.25) is 0 Å². The van der Waals surface area contributed by atoms with Crippen molar-refractivity contribution in [2.24, 2.45) is 0 Å². The zero-order valence-corrected chi connectivity index (χ0v) is 12.3. The fourth-order valence-electron chi connectivity index (χ4n) is 2.31. The van der Waals surface area contributed by atoms with E-state index in [2.05, 4.69) is 15.3 Å². The Labute approximate surface area is 127 Å². The van der Waals surface area contributed by atoms with Gasteiger partial charge in [-0.25, -0.2) is 14.4 Å². The van der Waals surface area contributed by atoms with Crippen LogP contribution in [0, 0.1) is 12.7 Å².